The van der Waals surface area contributed by atoms with Crippen LogP contribution in [-0.2, 0) is 0 Å². The van der Waals surface area contributed by atoms with Crippen molar-refractivity contribution in [3.8, 4) is 6.07 Å². The first kappa shape index (κ1) is 12.7. The van der Waals surface area contributed by atoms with Crippen LogP contribution in [0.15, 0.2) is 12.1 Å². The average Bonchev–Trinajstić information content (AvgIpc) is 3.07. The summed E-state index contributed by atoms with van der Waals surface area (Å²) in [5, 5.41) is 8.84. The van der Waals surface area contributed by atoms with E-state index in [1.54, 1.807) is 13.0 Å². The van der Waals surface area contributed by atoms with Gasteiger partial charge < -0.3 is 4.90 Å². The number of alkyl halides is 3. The summed E-state index contributed by atoms with van der Waals surface area (Å²) in [4.78, 5) is 5.35. The lowest BCUT2D eigenvalue weighted by Gasteiger charge is -2.25. The molecule has 1 aromatic rings. The van der Waals surface area contributed by atoms with E-state index in [9.17, 15) is 13.2 Å². The van der Waals surface area contributed by atoms with E-state index in [1.807, 2.05) is 6.07 Å². The number of pyridine rings is 1. The molecule has 1 fully saturated rings. The van der Waals surface area contributed by atoms with Gasteiger partial charge in [0.2, 0.25) is 0 Å². The standard InChI is InChI=1S/C12H12F3N3/c1-8-4-9(6-16)5-11(17-8)18(10-2-3-10)7-12(13,14)15/h4-5,10H,2-3,7H2,1H3. The normalized spacial score (nSPS) is 15.3. The summed E-state index contributed by atoms with van der Waals surface area (Å²) < 4.78 is 37.6. The van der Waals surface area contributed by atoms with Crippen molar-refractivity contribution in [2.24, 2.45) is 0 Å². The van der Waals surface area contributed by atoms with Gasteiger partial charge in [-0.1, -0.05) is 0 Å². The molecule has 0 unspecified atom stereocenters. The van der Waals surface area contributed by atoms with Crippen LogP contribution in [0.3, 0.4) is 0 Å². The quantitative estimate of drug-likeness (QED) is 0.833. The van der Waals surface area contributed by atoms with Gasteiger partial charge in [0, 0.05) is 11.7 Å². The Kier molecular flexibility index (Phi) is 3.16. The number of nitrogens with zero attached hydrogens (tertiary/aromatic N) is 3. The summed E-state index contributed by atoms with van der Waals surface area (Å²) in [6.45, 7) is 0.655. The highest BCUT2D eigenvalue weighted by atomic mass is 19.4. The highest BCUT2D eigenvalue weighted by Crippen LogP contribution is 2.33. The number of aromatic nitrogens is 1. The summed E-state index contributed by atoms with van der Waals surface area (Å²) >= 11 is 0. The molecule has 6 heteroatoms. The van der Waals surface area contributed by atoms with Gasteiger partial charge in [-0.05, 0) is 31.9 Å². The molecule has 0 aromatic carbocycles. The van der Waals surface area contributed by atoms with Crippen LogP contribution >= 0.6 is 0 Å². The van der Waals surface area contributed by atoms with Gasteiger partial charge in [-0.25, -0.2) is 4.98 Å². The number of nitriles is 1. The fourth-order valence-electron chi connectivity index (χ4n) is 1.84. The third kappa shape index (κ3) is 3.13. The van der Waals surface area contributed by atoms with Gasteiger partial charge in [-0.15, -0.1) is 0 Å². The van der Waals surface area contributed by atoms with E-state index < -0.39 is 12.7 Å². The molecule has 0 bridgehead atoms. The summed E-state index contributed by atoms with van der Waals surface area (Å²) in [6.07, 6.45) is -2.78. The minimum absolute atomic E-state index is 0.104. The van der Waals surface area contributed by atoms with E-state index in [4.69, 9.17) is 5.26 Å². The Bertz CT molecular complexity index is 486. The van der Waals surface area contributed by atoms with E-state index in [1.165, 1.54) is 11.0 Å². The molecule has 18 heavy (non-hydrogen) atoms. The topological polar surface area (TPSA) is 39.9 Å². The van der Waals surface area contributed by atoms with E-state index in [2.05, 4.69) is 4.98 Å². The van der Waals surface area contributed by atoms with Crippen LogP contribution in [0.1, 0.15) is 24.1 Å². The van der Waals surface area contributed by atoms with E-state index in [0.29, 0.717) is 11.3 Å². The molecular formula is C12H12F3N3. The summed E-state index contributed by atoms with van der Waals surface area (Å²) in [6, 6.07) is 4.80. The average molecular weight is 255 g/mol. The molecule has 0 radical (unpaired) electrons. The molecule has 1 saturated carbocycles. The Labute approximate surface area is 103 Å². The molecule has 1 heterocycles. The van der Waals surface area contributed by atoms with Crippen molar-refractivity contribution in [2.45, 2.75) is 32.0 Å². The Balaban J connectivity index is 2.31. The number of aryl methyl sites for hydroxylation is 1. The van der Waals surface area contributed by atoms with E-state index >= 15 is 0 Å². The zero-order valence-electron chi connectivity index (χ0n) is 9.83. The number of hydrogen-bond acceptors (Lipinski definition) is 3. The van der Waals surface area contributed by atoms with Crippen LogP contribution in [0.2, 0.25) is 0 Å². The monoisotopic (exact) mass is 255 g/mol. The lowest BCUT2D eigenvalue weighted by Crippen LogP contribution is -2.36. The van der Waals surface area contributed by atoms with Crippen LogP contribution in [0.4, 0.5) is 19.0 Å². The third-order valence-electron chi connectivity index (χ3n) is 2.70. The highest BCUT2D eigenvalue weighted by molar-refractivity contribution is 5.48. The van der Waals surface area contributed by atoms with Gasteiger partial charge >= 0.3 is 6.18 Å². The largest absolute Gasteiger partial charge is 0.405 e. The maximum absolute atomic E-state index is 12.5. The van der Waals surface area contributed by atoms with Gasteiger partial charge in [0.15, 0.2) is 0 Å². The molecule has 0 saturated heterocycles. The molecule has 1 aromatic heterocycles. The van der Waals surface area contributed by atoms with Crippen molar-refractivity contribution in [1.82, 2.24) is 4.98 Å². The van der Waals surface area contributed by atoms with Gasteiger partial charge in [-0.2, -0.15) is 18.4 Å². The molecule has 1 aliphatic carbocycles. The van der Waals surface area contributed by atoms with Crippen LogP contribution in [-0.4, -0.2) is 23.7 Å². The minimum atomic E-state index is -4.26. The Hall–Kier alpha value is -1.77. The molecule has 0 aliphatic heterocycles. The number of hydrogen-bond donors (Lipinski definition) is 0. The van der Waals surface area contributed by atoms with E-state index in [0.717, 1.165) is 12.8 Å². The summed E-state index contributed by atoms with van der Waals surface area (Å²) in [5.41, 5.74) is 0.891. The Morgan fingerprint density at radius 1 is 1.44 bits per heavy atom. The molecule has 2 rings (SSSR count). The highest BCUT2D eigenvalue weighted by Gasteiger charge is 2.38. The van der Waals surface area contributed by atoms with Crippen LogP contribution < -0.4 is 4.90 Å². The fraction of sp³-hybridized carbons (Fsp3) is 0.500. The molecule has 1 aliphatic rings. The van der Waals surface area contributed by atoms with Crippen LogP contribution in [0.25, 0.3) is 0 Å². The number of rotatable bonds is 3. The van der Waals surface area contributed by atoms with Gasteiger partial charge in [0.05, 0.1) is 11.6 Å². The Morgan fingerprint density at radius 2 is 2.11 bits per heavy atom. The first-order valence-electron chi connectivity index (χ1n) is 5.61. The zero-order chi connectivity index (χ0) is 13.3. The maximum Gasteiger partial charge on any atom is 0.405 e. The predicted octanol–water partition coefficient (Wildman–Crippen LogP) is 2.79. The van der Waals surface area contributed by atoms with Gasteiger partial charge in [0.25, 0.3) is 0 Å². The summed E-state index contributed by atoms with van der Waals surface area (Å²) in [5.74, 6) is 0.242. The number of halogens is 3. The second-order valence-electron chi connectivity index (χ2n) is 4.44. The molecular weight excluding hydrogens is 243 g/mol. The zero-order valence-corrected chi connectivity index (χ0v) is 9.83. The van der Waals surface area contributed by atoms with Gasteiger partial charge in [0.1, 0.15) is 12.4 Å². The van der Waals surface area contributed by atoms with Crippen molar-refractivity contribution in [3.63, 3.8) is 0 Å². The van der Waals surface area contributed by atoms with Crippen LogP contribution in [0.5, 0.6) is 0 Å². The molecule has 96 valence electrons. The van der Waals surface area contributed by atoms with Crippen molar-refractivity contribution in [1.29, 1.82) is 5.26 Å². The lowest BCUT2D eigenvalue weighted by molar-refractivity contribution is -0.120. The van der Waals surface area contributed by atoms with Crippen molar-refractivity contribution >= 4 is 5.82 Å². The molecule has 3 nitrogen and oxygen atoms in total. The SMILES string of the molecule is Cc1cc(C#N)cc(N(CC(F)(F)F)C2CC2)n1. The predicted molar refractivity (Wildman–Crippen MR) is 60.1 cm³/mol. The van der Waals surface area contributed by atoms with E-state index in [-0.39, 0.29) is 11.9 Å². The fourth-order valence-corrected chi connectivity index (χ4v) is 1.84. The molecule has 0 spiro atoms. The number of anilines is 1. The second-order valence-corrected chi connectivity index (χ2v) is 4.44. The lowest BCUT2D eigenvalue weighted by atomic mass is 10.2. The molecule has 0 amide bonds. The first-order valence-corrected chi connectivity index (χ1v) is 5.61. The summed E-state index contributed by atoms with van der Waals surface area (Å²) in [7, 11) is 0. The van der Waals surface area contributed by atoms with Crippen molar-refractivity contribution < 1.29 is 13.2 Å². The van der Waals surface area contributed by atoms with Gasteiger partial charge in [-0.3, -0.25) is 0 Å². The smallest absolute Gasteiger partial charge is 0.344 e. The second kappa shape index (κ2) is 4.48. The molecule has 0 N–H and O–H groups in total. The maximum atomic E-state index is 12.5. The minimum Gasteiger partial charge on any atom is -0.344 e. The first-order chi connectivity index (χ1) is 8.39. The van der Waals surface area contributed by atoms with Crippen LogP contribution in [0, 0.1) is 18.3 Å². The van der Waals surface area contributed by atoms with Crippen molar-refractivity contribution in [3.05, 3.63) is 23.4 Å². The van der Waals surface area contributed by atoms with Crippen molar-refractivity contribution in [2.75, 3.05) is 11.4 Å². The molecule has 0 atom stereocenters. The third-order valence-corrected chi connectivity index (χ3v) is 2.70. The Morgan fingerprint density at radius 3 is 2.61 bits per heavy atom.